The fraction of sp³-hybridized carbons (Fsp3) is 0.929. The summed E-state index contributed by atoms with van der Waals surface area (Å²) >= 11 is 2.34. The summed E-state index contributed by atoms with van der Waals surface area (Å²) in [6.45, 7) is 7.89. The molecule has 2 aliphatic heterocycles. The topological polar surface area (TPSA) is 48.0 Å². The Morgan fingerprint density at radius 1 is 1.50 bits per heavy atom. The predicted molar refractivity (Wildman–Crippen MR) is 84.4 cm³/mol. The maximum Gasteiger partial charge on any atom is 0.410 e. The van der Waals surface area contributed by atoms with Gasteiger partial charge in [-0.1, -0.05) is 22.6 Å². The van der Waals surface area contributed by atoms with Crippen molar-refractivity contribution in [3.63, 3.8) is 0 Å². The van der Waals surface area contributed by atoms with Crippen molar-refractivity contribution in [1.82, 2.24) is 4.90 Å². The number of halogens is 1. The monoisotopic (exact) mass is 397 g/mol. The van der Waals surface area contributed by atoms with Crippen LogP contribution >= 0.6 is 22.6 Å². The maximum atomic E-state index is 12.2. The van der Waals surface area contributed by atoms with Gasteiger partial charge in [-0.25, -0.2) is 4.79 Å². The Hall–Kier alpha value is -0.0800. The van der Waals surface area contributed by atoms with E-state index in [0.29, 0.717) is 26.3 Å². The number of carbonyl (C=O) groups is 1. The lowest BCUT2D eigenvalue weighted by Crippen LogP contribution is -2.48. The molecule has 0 aromatic heterocycles. The minimum Gasteiger partial charge on any atom is -0.444 e. The first kappa shape index (κ1) is 16.3. The van der Waals surface area contributed by atoms with Gasteiger partial charge in [-0.2, -0.15) is 0 Å². The zero-order chi connectivity index (χ0) is 14.8. The Morgan fingerprint density at radius 2 is 2.25 bits per heavy atom. The molecule has 2 fully saturated rings. The zero-order valence-corrected chi connectivity index (χ0v) is 14.6. The Balaban J connectivity index is 2.02. The van der Waals surface area contributed by atoms with Gasteiger partial charge < -0.3 is 19.1 Å². The van der Waals surface area contributed by atoms with Crippen LogP contribution in [-0.4, -0.2) is 59.0 Å². The first-order valence-electron chi connectivity index (χ1n) is 7.13. The van der Waals surface area contributed by atoms with Crippen molar-refractivity contribution in [1.29, 1.82) is 0 Å². The molecule has 2 rings (SSSR count). The highest BCUT2D eigenvalue weighted by Gasteiger charge is 2.44. The number of rotatable bonds is 1. The van der Waals surface area contributed by atoms with Crippen molar-refractivity contribution in [2.75, 3.05) is 30.7 Å². The minimum atomic E-state index is -0.474. The van der Waals surface area contributed by atoms with Crippen molar-refractivity contribution >= 4 is 28.7 Å². The van der Waals surface area contributed by atoms with Crippen LogP contribution in [0.5, 0.6) is 0 Å². The fourth-order valence-electron chi connectivity index (χ4n) is 2.61. The number of alkyl halides is 1. The summed E-state index contributed by atoms with van der Waals surface area (Å²) in [7, 11) is 0. The summed E-state index contributed by atoms with van der Waals surface area (Å²) in [5.74, 6) is 0. The second-order valence-corrected chi connectivity index (χ2v) is 7.45. The molecule has 0 aromatic carbocycles. The normalized spacial score (nSPS) is 31.4. The molecular weight excluding hydrogens is 373 g/mol. The van der Waals surface area contributed by atoms with Gasteiger partial charge in [0.25, 0.3) is 0 Å². The maximum absolute atomic E-state index is 12.2. The van der Waals surface area contributed by atoms with Gasteiger partial charge in [0.1, 0.15) is 11.2 Å². The van der Waals surface area contributed by atoms with Crippen LogP contribution in [0.15, 0.2) is 0 Å². The van der Waals surface area contributed by atoms with Crippen LogP contribution in [0.2, 0.25) is 0 Å². The van der Waals surface area contributed by atoms with Crippen LogP contribution < -0.4 is 0 Å². The summed E-state index contributed by atoms with van der Waals surface area (Å²) < 4.78 is 18.2. The highest BCUT2D eigenvalue weighted by atomic mass is 127. The Morgan fingerprint density at radius 3 is 2.85 bits per heavy atom. The van der Waals surface area contributed by atoms with E-state index < -0.39 is 5.60 Å². The predicted octanol–water partition coefficient (Wildman–Crippen LogP) is 2.61. The lowest BCUT2D eigenvalue weighted by Gasteiger charge is -2.32. The van der Waals surface area contributed by atoms with Crippen molar-refractivity contribution in [3.05, 3.63) is 0 Å². The molecule has 0 aliphatic carbocycles. The van der Waals surface area contributed by atoms with Gasteiger partial charge in [-0.3, -0.25) is 0 Å². The van der Waals surface area contributed by atoms with Crippen molar-refractivity contribution in [3.8, 4) is 0 Å². The summed E-state index contributed by atoms with van der Waals surface area (Å²) in [6.07, 6.45) is 1.98. The van der Waals surface area contributed by atoms with Gasteiger partial charge >= 0.3 is 6.09 Å². The zero-order valence-electron chi connectivity index (χ0n) is 12.5. The van der Waals surface area contributed by atoms with E-state index in [2.05, 4.69) is 22.6 Å². The van der Waals surface area contributed by atoms with Gasteiger partial charge in [0.05, 0.1) is 25.9 Å². The van der Waals surface area contributed by atoms with Crippen LogP contribution in [0.25, 0.3) is 0 Å². The van der Waals surface area contributed by atoms with E-state index in [1.54, 1.807) is 4.90 Å². The Bertz CT molecular complexity index is 358. The Labute approximate surface area is 134 Å². The summed E-state index contributed by atoms with van der Waals surface area (Å²) in [6, 6.07) is 0. The molecule has 20 heavy (non-hydrogen) atoms. The highest BCUT2D eigenvalue weighted by molar-refractivity contribution is 14.1. The number of hydrogen-bond donors (Lipinski definition) is 0. The third kappa shape index (κ3) is 4.21. The lowest BCUT2D eigenvalue weighted by atomic mass is 10.0. The van der Waals surface area contributed by atoms with E-state index in [0.717, 1.165) is 17.3 Å². The largest absolute Gasteiger partial charge is 0.444 e. The molecule has 6 heteroatoms. The van der Waals surface area contributed by atoms with Crippen LogP contribution in [0.4, 0.5) is 4.79 Å². The first-order valence-corrected chi connectivity index (χ1v) is 8.66. The molecule has 0 radical (unpaired) electrons. The summed E-state index contributed by atoms with van der Waals surface area (Å²) in [5.41, 5.74) is -0.818. The molecule has 0 bridgehead atoms. The van der Waals surface area contributed by atoms with Gasteiger partial charge in [0.2, 0.25) is 0 Å². The molecule has 1 amide bonds. The van der Waals surface area contributed by atoms with Gasteiger partial charge in [-0.05, 0) is 33.6 Å². The first-order chi connectivity index (χ1) is 9.34. The summed E-state index contributed by atoms with van der Waals surface area (Å²) in [4.78, 5) is 14.0. The number of carbonyl (C=O) groups excluding carboxylic acids is 1. The minimum absolute atomic E-state index is 0.274. The van der Waals surface area contributed by atoms with Crippen LogP contribution in [0.3, 0.4) is 0 Å². The number of amides is 1. The van der Waals surface area contributed by atoms with E-state index >= 15 is 0 Å². The van der Waals surface area contributed by atoms with Crippen molar-refractivity contribution in [2.24, 2.45) is 0 Å². The molecule has 116 valence electrons. The highest BCUT2D eigenvalue weighted by Crippen LogP contribution is 2.34. The molecule has 0 saturated carbocycles. The van der Waals surface area contributed by atoms with Crippen LogP contribution in [0.1, 0.15) is 33.6 Å². The number of ether oxygens (including phenoxy) is 3. The number of hydrogen-bond acceptors (Lipinski definition) is 4. The standard InChI is InChI=1S/C14H24INO4/c1-13(2,3)20-12(17)16-6-7-18-10-14(9-16)5-4-11(8-15)19-14/h11H,4-10H2,1-3H3/t11-,14+/m1/s1. The second kappa shape index (κ2) is 6.36. The van der Waals surface area contributed by atoms with Gasteiger partial charge in [0.15, 0.2) is 0 Å². The lowest BCUT2D eigenvalue weighted by molar-refractivity contribution is -0.0796. The van der Waals surface area contributed by atoms with Crippen LogP contribution in [-0.2, 0) is 14.2 Å². The Kier molecular flexibility index (Phi) is 5.18. The molecule has 2 heterocycles. The quantitative estimate of drug-likeness (QED) is 0.504. The molecule has 0 aromatic rings. The summed E-state index contributed by atoms with van der Waals surface area (Å²) in [5, 5.41) is 0. The van der Waals surface area contributed by atoms with Gasteiger partial charge in [-0.15, -0.1) is 0 Å². The van der Waals surface area contributed by atoms with Crippen molar-refractivity contribution < 1.29 is 19.0 Å². The number of nitrogens with zero attached hydrogens (tertiary/aromatic N) is 1. The van der Waals surface area contributed by atoms with E-state index in [9.17, 15) is 4.79 Å². The molecule has 5 nitrogen and oxygen atoms in total. The third-order valence-electron chi connectivity index (χ3n) is 3.51. The smallest absolute Gasteiger partial charge is 0.410 e. The third-order valence-corrected chi connectivity index (χ3v) is 4.49. The molecule has 2 saturated heterocycles. The second-order valence-electron chi connectivity index (χ2n) is 6.57. The molecule has 0 N–H and O–H groups in total. The molecule has 2 aliphatic rings. The van der Waals surface area contributed by atoms with E-state index in [-0.39, 0.29) is 17.8 Å². The average Bonchev–Trinajstić information content (AvgIpc) is 2.61. The fourth-order valence-corrected chi connectivity index (χ4v) is 3.23. The van der Waals surface area contributed by atoms with Gasteiger partial charge in [0, 0.05) is 11.0 Å². The molecule has 1 spiro atoms. The SMILES string of the molecule is CC(C)(C)OC(=O)N1CCOC[C@]2(CC[C@H](CI)O2)C1. The molecule has 0 unspecified atom stereocenters. The van der Waals surface area contributed by atoms with Crippen LogP contribution in [0, 0.1) is 0 Å². The molecular formula is C14H24INO4. The molecule has 2 atom stereocenters. The van der Waals surface area contributed by atoms with E-state index in [4.69, 9.17) is 14.2 Å². The van der Waals surface area contributed by atoms with Crippen molar-refractivity contribution in [2.45, 2.75) is 50.9 Å². The van der Waals surface area contributed by atoms with E-state index in [1.165, 1.54) is 0 Å². The average molecular weight is 397 g/mol. The van der Waals surface area contributed by atoms with E-state index in [1.807, 2.05) is 20.8 Å².